The summed E-state index contributed by atoms with van der Waals surface area (Å²) in [6.45, 7) is 7.60. The molecule has 0 atom stereocenters. The Hall–Kier alpha value is -2.45. The van der Waals surface area contributed by atoms with Gasteiger partial charge in [-0.2, -0.15) is 0 Å². The van der Waals surface area contributed by atoms with Crippen molar-refractivity contribution in [2.75, 3.05) is 13.2 Å². The summed E-state index contributed by atoms with van der Waals surface area (Å²) in [5, 5.41) is 2.54. The number of aryl methyl sites for hydroxylation is 2. The Labute approximate surface area is 165 Å². The van der Waals surface area contributed by atoms with Crippen molar-refractivity contribution in [1.82, 2.24) is 10.0 Å². The highest BCUT2D eigenvalue weighted by molar-refractivity contribution is 7.89. The van der Waals surface area contributed by atoms with Gasteiger partial charge in [-0.15, -0.1) is 0 Å². The third-order valence-corrected chi connectivity index (χ3v) is 5.39. The molecule has 0 aliphatic carbocycles. The van der Waals surface area contributed by atoms with Crippen molar-refractivity contribution in [3.8, 4) is 5.75 Å². The van der Waals surface area contributed by atoms with Crippen LogP contribution in [-0.4, -0.2) is 33.5 Å². The van der Waals surface area contributed by atoms with E-state index < -0.39 is 21.7 Å². The van der Waals surface area contributed by atoms with Crippen molar-refractivity contribution in [3.05, 3.63) is 58.9 Å². The Morgan fingerprint density at radius 2 is 1.75 bits per heavy atom. The van der Waals surface area contributed by atoms with E-state index in [1.165, 1.54) is 0 Å². The van der Waals surface area contributed by atoms with E-state index in [1.807, 2.05) is 32.0 Å². The molecule has 0 aliphatic rings. The van der Waals surface area contributed by atoms with Gasteiger partial charge in [0.25, 0.3) is 5.91 Å². The van der Waals surface area contributed by atoms with Crippen LogP contribution in [0.3, 0.4) is 0 Å². The second-order valence-electron chi connectivity index (χ2n) is 6.85. The highest BCUT2D eigenvalue weighted by atomic mass is 32.2. The zero-order chi connectivity index (χ0) is 20.9. The Balaban J connectivity index is 2.01. The van der Waals surface area contributed by atoms with Gasteiger partial charge in [-0.3, -0.25) is 4.79 Å². The molecule has 1 amide bonds. The molecule has 0 aromatic heterocycles. The number of carbonyl (C=O) groups excluding carboxylic acids is 1. The molecule has 0 saturated carbocycles. The van der Waals surface area contributed by atoms with Crippen molar-refractivity contribution in [3.63, 3.8) is 0 Å². The second-order valence-corrected chi connectivity index (χ2v) is 8.56. The number of sulfonamides is 1. The molecule has 28 heavy (non-hydrogen) atoms. The molecule has 0 heterocycles. The normalized spacial score (nSPS) is 11.5. The molecule has 2 rings (SSSR count). The van der Waals surface area contributed by atoms with Crippen LogP contribution in [-0.2, 0) is 10.0 Å². The Kier molecular flexibility index (Phi) is 7.15. The number of hydrogen-bond acceptors (Lipinski definition) is 4. The highest BCUT2D eigenvalue weighted by Gasteiger charge is 2.20. The SMILES string of the molecule is Cc1cc(C)cc(OCCNC(=O)c2cc(S(=O)(=O)NC(C)C)ccc2F)c1. The van der Waals surface area contributed by atoms with E-state index in [4.69, 9.17) is 4.74 Å². The predicted octanol–water partition coefficient (Wildman–Crippen LogP) is 2.94. The van der Waals surface area contributed by atoms with E-state index >= 15 is 0 Å². The van der Waals surface area contributed by atoms with Gasteiger partial charge in [-0.1, -0.05) is 6.07 Å². The zero-order valence-electron chi connectivity index (χ0n) is 16.4. The summed E-state index contributed by atoms with van der Waals surface area (Å²) in [5.41, 5.74) is 1.79. The molecule has 0 bridgehead atoms. The van der Waals surface area contributed by atoms with Crippen LogP contribution in [0.5, 0.6) is 5.75 Å². The van der Waals surface area contributed by atoms with Gasteiger partial charge >= 0.3 is 0 Å². The fourth-order valence-corrected chi connectivity index (χ4v) is 3.95. The third kappa shape index (κ3) is 6.03. The smallest absolute Gasteiger partial charge is 0.254 e. The second kappa shape index (κ2) is 9.16. The highest BCUT2D eigenvalue weighted by Crippen LogP contribution is 2.17. The van der Waals surface area contributed by atoms with Crippen LogP contribution in [0, 0.1) is 19.7 Å². The first-order valence-electron chi connectivity index (χ1n) is 8.89. The number of rotatable bonds is 8. The molecule has 0 aliphatic heterocycles. The summed E-state index contributed by atoms with van der Waals surface area (Å²) in [7, 11) is -3.82. The summed E-state index contributed by atoms with van der Waals surface area (Å²) in [4.78, 5) is 12.1. The summed E-state index contributed by atoms with van der Waals surface area (Å²) >= 11 is 0. The van der Waals surface area contributed by atoms with E-state index in [9.17, 15) is 17.6 Å². The van der Waals surface area contributed by atoms with Gasteiger partial charge < -0.3 is 10.1 Å². The lowest BCUT2D eigenvalue weighted by atomic mass is 10.1. The number of benzene rings is 2. The van der Waals surface area contributed by atoms with E-state index in [-0.39, 0.29) is 29.7 Å². The summed E-state index contributed by atoms with van der Waals surface area (Å²) in [5.74, 6) is -0.815. The first-order chi connectivity index (χ1) is 13.1. The molecule has 2 N–H and O–H groups in total. The van der Waals surface area contributed by atoms with E-state index in [0.29, 0.717) is 5.75 Å². The number of carbonyl (C=O) groups is 1. The fraction of sp³-hybridized carbons (Fsp3) is 0.350. The van der Waals surface area contributed by atoms with Gasteiger partial charge in [0.2, 0.25) is 10.0 Å². The summed E-state index contributed by atoms with van der Waals surface area (Å²) in [6.07, 6.45) is 0. The molecular formula is C20H25FN2O4S. The maximum Gasteiger partial charge on any atom is 0.254 e. The minimum absolute atomic E-state index is 0.145. The summed E-state index contributed by atoms with van der Waals surface area (Å²) in [6, 6.07) is 8.58. The Morgan fingerprint density at radius 3 is 2.36 bits per heavy atom. The zero-order valence-corrected chi connectivity index (χ0v) is 17.2. The molecule has 0 unspecified atom stereocenters. The van der Waals surface area contributed by atoms with E-state index in [0.717, 1.165) is 29.3 Å². The lowest BCUT2D eigenvalue weighted by molar-refractivity contribution is 0.0942. The topological polar surface area (TPSA) is 84.5 Å². The van der Waals surface area contributed by atoms with Crippen LogP contribution in [0.1, 0.15) is 35.3 Å². The molecule has 0 saturated heterocycles. The molecule has 0 fully saturated rings. The van der Waals surface area contributed by atoms with Crippen LogP contribution in [0.15, 0.2) is 41.3 Å². The van der Waals surface area contributed by atoms with E-state index in [2.05, 4.69) is 10.0 Å². The minimum Gasteiger partial charge on any atom is -0.492 e. The number of nitrogens with one attached hydrogen (secondary N) is 2. The van der Waals surface area contributed by atoms with Gasteiger partial charge in [-0.05, 0) is 69.2 Å². The molecule has 2 aromatic carbocycles. The third-order valence-electron chi connectivity index (χ3n) is 3.74. The van der Waals surface area contributed by atoms with Crippen molar-refractivity contribution >= 4 is 15.9 Å². The van der Waals surface area contributed by atoms with Gasteiger partial charge in [0.15, 0.2) is 0 Å². The average Bonchev–Trinajstić information content (AvgIpc) is 2.56. The monoisotopic (exact) mass is 408 g/mol. The van der Waals surface area contributed by atoms with Crippen molar-refractivity contribution in [2.24, 2.45) is 0 Å². The molecule has 6 nitrogen and oxygen atoms in total. The number of halogens is 1. The standard InChI is InChI=1S/C20H25FN2O4S/c1-13(2)23-28(25,26)17-5-6-19(21)18(12-17)20(24)22-7-8-27-16-10-14(3)9-15(4)11-16/h5-6,9-13,23H,7-8H2,1-4H3,(H,22,24). The van der Waals surface area contributed by atoms with Crippen LogP contribution in [0.2, 0.25) is 0 Å². The quantitative estimate of drug-likeness (QED) is 0.658. The molecule has 2 aromatic rings. The van der Waals surface area contributed by atoms with Crippen molar-refractivity contribution < 1.29 is 22.3 Å². The molecule has 0 radical (unpaired) electrons. The maximum atomic E-state index is 14.0. The van der Waals surface area contributed by atoms with Gasteiger partial charge in [-0.25, -0.2) is 17.5 Å². The minimum atomic E-state index is -3.82. The van der Waals surface area contributed by atoms with Crippen LogP contribution in [0.25, 0.3) is 0 Å². The van der Waals surface area contributed by atoms with Gasteiger partial charge in [0, 0.05) is 6.04 Å². The van der Waals surface area contributed by atoms with Crippen LogP contribution >= 0.6 is 0 Å². The maximum absolute atomic E-state index is 14.0. The summed E-state index contributed by atoms with van der Waals surface area (Å²) < 4.78 is 46.4. The van der Waals surface area contributed by atoms with Crippen molar-refractivity contribution in [1.29, 1.82) is 0 Å². The largest absolute Gasteiger partial charge is 0.492 e. The predicted molar refractivity (Wildman–Crippen MR) is 106 cm³/mol. The number of ether oxygens (including phenoxy) is 1. The Bertz CT molecular complexity index is 938. The van der Waals surface area contributed by atoms with Crippen LogP contribution in [0.4, 0.5) is 4.39 Å². The van der Waals surface area contributed by atoms with E-state index in [1.54, 1.807) is 13.8 Å². The molecule has 152 valence electrons. The number of hydrogen-bond donors (Lipinski definition) is 2. The first-order valence-corrected chi connectivity index (χ1v) is 10.4. The molecular weight excluding hydrogens is 383 g/mol. The number of amides is 1. The molecule has 8 heteroatoms. The average molecular weight is 408 g/mol. The Morgan fingerprint density at radius 1 is 1.11 bits per heavy atom. The fourth-order valence-electron chi connectivity index (χ4n) is 2.67. The van der Waals surface area contributed by atoms with Gasteiger partial charge in [0.05, 0.1) is 17.0 Å². The molecule has 0 spiro atoms. The van der Waals surface area contributed by atoms with Gasteiger partial charge in [0.1, 0.15) is 18.2 Å². The first kappa shape index (κ1) is 21.8. The van der Waals surface area contributed by atoms with Crippen LogP contribution < -0.4 is 14.8 Å². The lowest BCUT2D eigenvalue weighted by Crippen LogP contribution is -2.31. The van der Waals surface area contributed by atoms with Crippen molar-refractivity contribution in [2.45, 2.75) is 38.6 Å². The lowest BCUT2D eigenvalue weighted by Gasteiger charge is -2.12.